The van der Waals surface area contributed by atoms with Gasteiger partial charge in [0.05, 0.1) is 5.56 Å². The summed E-state index contributed by atoms with van der Waals surface area (Å²) in [5.41, 5.74) is 0.411. The summed E-state index contributed by atoms with van der Waals surface area (Å²) in [4.78, 5) is 22.5. The van der Waals surface area contributed by atoms with Gasteiger partial charge >= 0.3 is 12.0 Å². The summed E-state index contributed by atoms with van der Waals surface area (Å²) < 4.78 is 0. The molecule has 1 aliphatic carbocycles. The van der Waals surface area contributed by atoms with Gasteiger partial charge in [-0.15, -0.1) is 11.3 Å². The highest BCUT2D eigenvalue weighted by atomic mass is 32.1. The molecular formula is C12H16N2O3S. The topological polar surface area (TPSA) is 78.4 Å². The van der Waals surface area contributed by atoms with Gasteiger partial charge in [0.25, 0.3) is 0 Å². The molecule has 6 heteroatoms. The van der Waals surface area contributed by atoms with Gasteiger partial charge in [0.2, 0.25) is 0 Å². The lowest BCUT2D eigenvalue weighted by Crippen LogP contribution is -2.33. The van der Waals surface area contributed by atoms with Gasteiger partial charge in [-0.3, -0.25) is 5.32 Å². The molecule has 0 unspecified atom stereocenters. The number of anilines is 1. The third kappa shape index (κ3) is 2.81. The van der Waals surface area contributed by atoms with Crippen molar-refractivity contribution in [1.82, 2.24) is 5.32 Å². The van der Waals surface area contributed by atoms with Crippen LogP contribution >= 0.6 is 11.3 Å². The average Bonchev–Trinajstić information content (AvgIpc) is 2.98. The van der Waals surface area contributed by atoms with Crippen molar-refractivity contribution in [3.05, 3.63) is 17.0 Å². The van der Waals surface area contributed by atoms with Gasteiger partial charge in [-0.25, -0.2) is 9.59 Å². The molecule has 1 aromatic heterocycles. The van der Waals surface area contributed by atoms with Crippen LogP contribution in [0.4, 0.5) is 9.80 Å². The number of carboxylic acids is 1. The molecule has 0 radical (unpaired) electrons. The van der Waals surface area contributed by atoms with Crippen LogP contribution in [0.5, 0.6) is 0 Å². The first kappa shape index (κ1) is 12.9. The number of carboxylic acid groups (broad SMARTS) is 1. The van der Waals surface area contributed by atoms with Crippen molar-refractivity contribution in [2.45, 2.75) is 26.2 Å². The van der Waals surface area contributed by atoms with Crippen molar-refractivity contribution in [2.75, 3.05) is 11.9 Å². The van der Waals surface area contributed by atoms with Crippen LogP contribution in [0.15, 0.2) is 11.4 Å². The second kappa shape index (κ2) is 4.97. The predicted octanol–water partition coefficient (Wildman–Crippen LogP) is 2.76. The summed E-state index contributed by atoms with van der Waals surface area (Å²) in [6.45, 7) is 2.78. The van der Waals surface area contributed by atoms with Crippen LogP contribution in [0.25, 0.3) is 0 Å². The van der Waals surface area contributed by atoms with E-state index in [1.807, 2.05) is 0 Å². The van der Waals surface area contributed by atoms with Crippen LogP contribution in [-0.2, 0) is 0 Å². The maximum Gasteiger partial charge on any atom is 0.338 e. The van der Waals surface area contributed by atoms with E-state index in [1.165, 1.54) is 17.4 Å². The van der Waals surface area contributed by atoms with Gasteiger partial charge in [-0.05, 0) is 36.1 Å². The molecule has 2 amide bonds. The van der Waals surface area contributed by atoms with Gasteiger partial charge in [-0.2, -0.15) is 0 Å². The Hall–Kier alpha value is -1.56. The lowest BCUT2D eigenvalue weighted by Gasteiger charge is -2.13. The van der Waals surface area contributed by atoms with Gasteiger partial charge in [0, 0.05) is 6.54 Å². The molecule has 1 fully saturated rings. The molecule has 0 saturated heterocycles. The summed E-state index contributed by atoms with van der Waals surface area (Å²) in [6, 6.07) is 1.15. The molecule has 1 heterocycles. The molecular weight excluding hydrogens is 252 g/mol. The molecule has 3 N–H and O–H groups in total. The number of aromatic carboxylic acids is 1. The second-order valence-corrected chi connectivity index (χ2v) is 5.55. The van der Waals surface area contributed by atoms with E-state index in [1.54, 1.807) is 5.38 Å². The Labute approximate surface area is 109 Å². The van der Waals surface area contributed by atoms with E-state index < -0.39 is 5.97 Å². The minimum atomic E-state index is -1.03. The molecule has 1 aromatic rings. The van der Waals surface area contributed by atoms with Crippen LogP contribution in [0, 0.1) is 5.41 Å². The Morgan fingerprint density at radius 3 is 2.78 bits per heavy atom. The van der Waals surface area contributed by atoms with Crippen LogP contribution in [-0.4, -0.2) is 23.7 Å². The minimum absolute atomic E-state index is 0.131. The molecule has 98 valence electrons. The molecule has 0 aromatic carbocycles. The lowest BCUT2D eigenvalue weighted by molar-refractivity contribution is 0.0698. The number of thiophene rings is 1. The number of nitrogens with one attached hydrogen (secondary N) is 2. The standard InChI is InChI=1S/C12H16N2O3S/c1-2-12(4-5-12)7-13-11(17)14-9-8(10(15)16)3-6-18-9/h3,6H,2,4-5,7H2,1H3,(H,15,16)(H2,13,14,17). The first-order valence-corrected chi connectivity index (χ1v) is 6.80. The summed E-state index contributed by atoms with van der Waals surface area (Å²) in [5.74, 6) is -1.03. The van der Waals surface area contributed by atoms with E-state index in [2.05, 4.69) is 17.6 Å². The van der Waals surface area contributed by atoms with E-state index in [4.69, 9.17) is 5.11 Å². The van der Waals surface area contributed by atoms with E-state index in [0.29, 0.717) is 11.5 Å². The number of rotatable bonds is 5. The molecule has 0 aliphatic heterocycles. The first-order valence-electron chi connectivity index (χ1n) is 5.92. The van der Waals surface area contributed by atoms with Crippen molar-refractivity contribution < 1.29 is 14.7 Å². The number of hydrogen-bond donors (Lipinski definition) is 3. The number of carbonyl (C=O) groups excluding carboxylic acids is 1. The van der Waals surface area contributed by atoms with E-state index in [9.17, 15) is 9.59 Å². The maximum absolute atomic E-state index is 11.7. The quantitative estimate of drug-likeness (QED) is 0.768. The zero-order valence-electron chi connectivity index (χ0n) is 10.2. The monoisotopic (exact) mass is 268 g/mol. The zero-order chi connectivity index (χ0) is 13.2. The van der Waals surface area contributed by atoms with Gasteiger partial charge in [0.1, 0.15) is 5.00 Å². The van der Waals surface area contributed by atoms with Gasteiger partial charge < -0.3 is 10.4 Å². The molecule has 0 atom stereocenters. The van der Waals surface area contributed by atoms with Crippen molar-refractivity contribution >= 4 is 28.3 Å². The predicted molar refractivity (Wildman–Crippen MR) is 70.3 cm³/mol. The molecule has 0 spiro atoms. The molecule has 1 aliphatic rings. The molecule has 0 bridgehead atoms. The number of amides is 2. The van der Waals surface area contributed by atoms with Gasteiger partial charge in [-0.1, -0.05) is 6.92 Å². The maximum atomic E-state index is 11.7. The van der Waals surface area contributed by atoms with Crippen LogP contribution < -0.4 is 10.6 Å². The number of carbonyl (C=O) groups is 2. The van der Waals surface area contributed by atoms with Gasteiger partial charge in [0.15, 0.2) is 0 Å². The second-order valence-electron chi connectivity index (χ2n) is 4.63. The fourth-order valence-electron chi connectivity index (χ4n) is 1.82. The molecule has 18 heavy (non-hydrogen) atoms. The normalized spacial score (nSPS) is 16.1. The fraction of sp³-hybridized carbons (Fsp3) is 0.500. The highest BCUT2D eigenvalue weighted by molar-refractivity contribution is 7.14. The number of hydrogen-bond acceptors (Lipinski definition) is 3. The Morgan fingerprint density at radius 2 is 2.22 bits per heavy atom. The molecule has 2 rings (SSSR count). The van der Waals surface area contributed by atoms with E-state index in [0.717, 1.165) is 19.3 Å². The highest BCUT2D eigenvalue weighted by Gasteiger charge is 2.40. The van der Waals surface area contributed by atoms with E-state index in [-0.39, 0.29) is 17.0 Å². The van der Waals surface area contributed by atoms with E-state index >= 15 is 0 Å². The summed E-state index contributed by atoms with van der Waals surface area (Å²) in [6.07, 6.45) is 3.37. The summed E-state index contributed by atoms with van der Waals surface area (Å²) in [5, 5.41) is 16.3. The summed E-state index contributed by atoms with van der Waals surface area (Å²) in [7, 11) is 0. The smallest absolute Gasteiger partial charge is 0.338 e. The SMILES string of the molecule is CCC1(CNC(=O)Nc2sccc2C(=O)O)CC1. The Kier molecular flexibility index (Phi) is 3.56. The Balaban J connectivity index is 1.87. The average molecular weight is 268 g/mol. The summed E-state index contributed by atoms with van der Waals surface area (Å²) >= 11 is 1.21. The van der Waals surface area contributed by atoms with Crippen molar-refractivity contribution in [3.8, 4) is 0 Å². The molecule has 5 nitrogen and oxygen atoms in total. The van der Waals surface area contributed by atoms with Crippen LogP contribution in [0.1, 0.15) is 36.5 Å². The fourth-order valence-corrected chi connectivity index (χ4v) is 2.60. The molecule has 1 saturated carbocycles. The lowest BCUT2D eigenvalue weighted by atomic mass is 10.0. The highest BCUT2D eigenvalue weighted by Crippen LogP contribution is 2.47. The Bertz CT molecular complexity index is 466. The van der Waals surface area contributed by atoms with Crippen molar-refractivity contribution in [2.24, 2.45) is 5.41 Å². The van der Waals surface area contributed by atoms with Crippen molar-refractivity contribution in [1.29, 1.82) is 0 Å². The third-order valence-corrected chi connectivity index (χ3v) is 4.28. The minimum Gasteiger partial charge on any atom is -0.478 e. The number of urea groups is 1. The first-order chi connectivity index (χ1) is 8.56. The third-order valence-electron chi connectivity index (χ3n) is 3.45. The zero-order valence-corrected chi connectivity index (χ0v) is 11.0. The van der Waals surface area contributed by atoms with Crippen LogP contribution in [0.3, 0.4) is 0 Å². The van der Waals surface area contributed by atoms with Crippen molar-refractivity contribution in [3.63, 3.8) is 0 Å². The Morgan fingerprint density at radius 1 is 1.50 bits per heavy atom. The van der Waals surface area contributed by atoms with Crippen LogP contribution in [0.2, 0.25) is 0 Å². The largest absolute Gasteiger partial charge is 0.478 e.